The highest BCUT2D eigenvalue weighted by Crippen LogP contribution is 2.06. The Bertz CT molecular complexity index is 68.6. The smallest absolute Gasteiger partial charge is 0.188 e. The van der Waals surface area contributed by atoms with Crippen LogP contribution in [0.3, 0.4) is 0 Å². The van der Waals surface area contributed by atoms with Gasteiger partial charge in [0, 0.05) is 0 Å². The molecule has 1 nitrogen and oxygen atoms in total. The molecule has 0 amide bonds. The van der Waals surface area contributed by atoms with Crippen molar-refractivity contribution in [2.24, 2.45) is 5.92 Å². The molecule has 10 heavy (non-hydrogen) atoms. The summed E-state index contributed by atoms with van der Waals surface area (Å²) in [6, 6.07) is 0. The first-order chi connectivity index (χ1) is 4.81. The number of halogens is 2. The molecule has 0 saturated carbocycles. The normalized spacial score (nSPS) is 13.5. The fourth-order valence-electron chi connectivity index (χ4n) is 0.670. The summed E-state index contributed by atoms with van der Waals surface area (Å²) in [7, 11) is 0. The van der Waals surface area contributed by atoms with Gasteiger partial charge in [-0.2, -0.15) is 0 Å². The molecular formula is C7H14F2O. The van der Waals surface area contributed by atoms with Gasteiger partial charge in [-0.25, -0.2) is 4.39 Å². The van der Waals surface area contributed by atoms with Crippen molar-refractivity contribution in [3.8, 4) is 0 Å². The molecule has 0 aliphatic rings. The van der Waals surface area contributed by atoms with E-state index in [1.54, 1.807) is 0 Å². The van der Waals surface area contributed by atoms with Crippen molar-refractivity contribution >= 4 is 0 Å². The molecule has 3 heteroatoms. The first-order valence-electron chi connectivity index (χ1n) is 3.51. The van der Waals surface area contributed by atoms with E-state index in [9.17, 15) is 8.78 Å². The Morgan fingerprint density at radius 2 is 2.00 bits per heavy atom. The molecule has 0 heterocycles. The van der Waals surface area contributed by atoms with Crippen LogP contribution < -0.4 is 0 Å². The van der Waals surface area contributed by atoms with Crippen molar-refractivity contribution in [2.45, 2.75) is 19.8 Å². The lowest BCUT2D eigenvalue weighted by Gasteiger charge is -2.06. The van der Waals surface area contributed by atoms with Crippen LogP contribution >= 0.6 is 0 Å². The summed E-state index contributed by atoms with van der Waals surface area (Å²) in [5.74, 6) is 0.302. The van der Waals surface area contributed by atoms with Gasteiger partial charge >= 0.3 is 0 Å². The van der Waals surface area contributed by atoms with E-state index in [1.165, 1.54) is 0 Å². The Balaban J connectivity index is 2.97. The second-order valence-corrected chi connectivity index (χ2v) is 2.39. The van der Waals surface area contributed by atoms with Crippen LogP contribution in [0.1, 0.15) is 19.8 Å². The van der Waals surface area contributed by atoms with E-state index >= 15 is 0 Å². The van der Waals surface area contributed by atoms with Crippen LogP contribution in [-0.2, 0) is 4.74 Å². The van der Waals surface area contributed by atoms with Gasteiger partial charge in [0.05, 0.1) is 13.3 Å². The predicted molar refractivity (Wildman–Crippen MR) is 36.3 cm³/mol. The monoisotopic (exact) mass is 152 g/mol. The average molecular weight is 152 g/mol. The molecule has 62 valence electrons. The van der Waals surface area contributed by atoms with Gasteiger partial charge in [-0.3, -0.25) is 4.39 Å². The number of ether oxygens (including phenoxy) is 1. The Morgan fingerprint density at radius 1 is 1.30 bits per heavy atom. The fraction of sp³-hybridized carbons (Fsp3) is 1.00. The first-order valence-corrected chi connectivity index (χ1v) is 3.51. The molecule has 0 saturated heterocycles. The molecule has 1 atom stereocenters. The van der Waals surface area contributed by atoms with Crippen LogP contribution in [0.4, 0.5) is 8.78 Å². The van der Waals surface area contributed by atoms with E-state index in [0.29, 0.717) is 18.9 Å². The second kappa shape index (κ2) is 6.93. The molecule has 0 aliphatic heterocycles. The average Bonchev–Trinajstić information content (AvgIpc) is 1.89. The van der Waals surface area contributed by atoms with Crippen LogP contribution in [-0.4, -0.2) is 20.1 Å². The summed E-state index contributed by atoms with van der Waals surface area (Å²) in [5, 5.41) is 0. The number of hydrogen-bond donors (Lipinski definition) is 0. The zero-order chi connectivity index (χ0) is 7.82. The van der Waals surface area contributed by atoms with E-state index in [-0.39, 0.29) is 6.67 Å². The highest BCUT2D eigenvalue weighted by Gasteiger charge is 2.00. The summed E-state index contributed by atoms with van der Waals surface area (Å²) in [4.78, 5) is 0. The molecule has 1 unspecified atom stereocenters. The van der Waals surface area contributed by atoms with Gasteiger partial charge in [0.1, 0.15) is 0 Å². The van der Waals surface area contributed by atoms with E-state index < -0.39 is 6.86 Å². The maximum absolute atomic E-state index is 11.6. The zero-order valence-electron chi connectivity index (χ0n) is 6.28. The fourth-order valence-corrected chi connectivity index (χ4v) is 0.670. The van der Waals surface area contributed by atoms with Crippen molar-refractivity contribution in [3.63, 3.8) is 0 Å². The van der Waals surface area contributed by atoms with Crippen molar-refractivity contribution < 1.29 is 13.5 Å². The molecule has 0 bridgehead atoms. The molecule has 0 aromatic carbocycles. The maximum Gasteiger partial charge on any atom is 0.188 e. The topological polar surface area (TPSA) is 9.23 Å². The SMILES string of the molecule is CC(CCF)CCOCF. The number of alkyl halides is 2. The minimum absolute atomic E-state index is 0.295. The summed E-state index contributed by atoms with van der Waals surface area (Å²) < 4.78 is 27.4. The van der Waals surface area contributed by atoms with Gasteiger partial charge in [0.2, 0.25) is 0 Å². The minimum atomic E-state index is -0.734. The van der Waals surface area contributed by atoms with Crippen LogP contribution in [0, 0.1) is 5.92 Å². The van der Waals surface area contributed by atoms with E-state index in [1.807, 2.05) is 6.92 Å². The van der Waals surface area contributed by atoms with Crippen LogP contribution in [0.2, 0.25) is 0 Å². The molecule has 0 radical (unpaired) electrons. The summed E-state index contributed by atoms with van der Waals surface area (Å²) in [6.45, 7) is 1.30. The van der Waals surface area contributed by atoms with Crippen LogP contribution in [0.15, 0.2) is 0 Å². The Hall–Kier alpha value is -0.180. The van der Waals surface area contributed by atoms with Crippen LogP contribution in [0.5, 0.6) is 0 Å². The van der Waals surface area contributed by atoms with Gasteiger partial charge in [-0.05, 0) is 18.8 Å². The third kappa shape index (κ3) is 5.95. The summed E-state index contributed by atoms with van der Waals surface area (Å²) in [5.41, 5.74) is 0. The lowest BCUT2D eigenvalue weighted by molar-refractivity contribution is 0.0497. The third-order valence-electron chi connectivity index (χ3n) is 1.43. The molecule has 0 aromatic rings. The molecule has 0 N–H and O–H groups in total. The van der Waals surface area contributed by atoms with Gasteiger partial charge < -0.3 is 4.74 Å². The third-order valence-corrected chi connectivity index (χ3v) is 1.43. The van der Waals surface area contributed by atoms with Gasteiger partial charge in [-0.15, -0.1) is 0 Å². The summed E-state index contributed by atoms with van der Waals surface area (Å²) in [6.07, 6.45) is 1.30. The van der Waals surface area contributed by atoms with E-state index in [2.05, 4.69) is 4.74 Å². The minimum Gasteiger partial charge on any atom is -0.350 e. The highest BCUT2D eigenvalue weighted by atomic mass is 19.1. The lowest BCUT2D eigenvalue weighted by atomic mass is 10.1. The summed E-state index contributed by atoms with van der Waals surface area (Å²) >= 11 is 0. The molecule has 0 spiro atoms. The largest absolute Gasteiger partial charge is 0.350 e. The maximum atomic E-state index is 11.6. The Morgan fingerprint density at radius 3 is 2.50 bits per heavy atom. The lowest BCUT2D eigenvalue weighted by Crippen LogP contribution is -2.01. The molecule has 0 aromatic heterocycles. The first kappa shape index (κ1) is 9.82. The molecule has 0 aliphatic carbocycles. The molecule has 0 fully saturated rings. The van der Waals surface area contributed by atoms with Gasteiger partial charge in [-0.1, -0.05) is 6.92 Å². The Kier molecular flexibility index (Phi) is 6.81. The van der Waals surface area contributed by atoms with Crippen molar-refractivity contribution in [2.75, 3.05) is 20.1 Å². The van der Waals surface area contributed by atoms with Crippen molar-refractivity contribution in [1.29, 1.82) is 0 Å². The number of hydrogen-bond acceptors (Lipinski definition) is 1. The predicted octanol–water partition coefficient (Wildman–Crippen LogP) is 2.32. The number of rotatable bonds is 6. The van der Waals surface area contributed by atoms with Gasteiger partial charge in [0.15, 0.2) is 6.86 Å². The highest BCUT2D eigenvalue weighted by molar-refractivity contribution is 4.50. The second-order valence-electron chi connectivity index (χ2n) is 2.39. The van der Waals surface area contributed by atoms with Crippen molar-refractivity contribution in [1.82, 2.24) is 0 Å². The molecule has 0 rings (SSSR count). The molecular weight excluding hydrogens is 138 g/mol. The van der Waals surface area contributed by atoms with Crippen LogP contribution in [0.25, 0.3) is 0 Å². The van der Waals surface area contributed by atoms with E-state index in [4.69, 9.17) is 0 Å². The van der Waals surface area contributed by atoms with Gasteiger partial charge in [0.25, 0.3) is 0 Å². The van der Waals surface area contributed by atoms with Crippen molar-refractivity contribution in [3.05, 3.63) is 0 Å². The Labute approximate surface area is 60.4 Å². The standard InChI is InChI=1S/C7H14F2O/c1-7(2-4-8)3-5-10-6-9/h7H,2-6H2,1H3. The zero-order valence-corrected chi connectivity index (χ0v) is 6.28. The quantitative estimate of drug-likeness (QED) is 0.531. The van der Waals surface area contributed by atoms with E-state index in [0.717, 1.165) is 6.42 Å².